The minimum atomic E-state index is -0.440. The molecule has 1 heterocycles. The Morgan fingerprint density at radius 2 is 1.91 bits per heavy atom. The molecular formula is C17H14FN3O2. The number of benzene rings is 2. The molecule has 0 amide bonds. The number of rotatable bonds is 5. The molecule has 0 saturated heterocycles. The summed E-state index contributed by atoms with van der Waals surface area (Å²) >= 11 is 0. The zero-order valence-electron chi connectivity index (χ0n) is 12.4. The van der Waals surface area contributed by atoms with Crippen LogP contribution < -0.4 is 4.74 Å². The molecule has 0 unspecified atom stereocenters. The highest BCUT2D eigenvalue weighted by atomic mass is 19.1. The SMILES string of the molecule is CCOc1ccc(-n2nnc(C=O)c2-c2ccccc2F)cc1. The molecule has 3 rings (SSSR count). The number of aldehydes is 1. The van der Waals surface area contributed by atoms with Crippen LogP contribution in [0.15, 0.2) is 48.5 Å². The molecule has 1 aromatic heterocycles. The minimum absolute atomic E-state index is 0.0870. The lowest BCUT2D eigenvalue weighted by Gasteiger charge is -2.09. The summed E-state index contributed by atoms with van der Waals surface area (Å²) in [6, 6.07) is 13.3. The second-order valence-electron chi connectivity index (χ2n) is 4.76. The van der Waals surface area contributed by atoms with E-state index in [0.717, 1.165) is 5.75 Å². The molecule has 3 aromatic rings. The number of carbonyl (C=O) groups is 1. The number of aromatic nitrogens is 3. The van der Waals surface area contributed by atoms with E-state index in [9.17, 15) is 9.18 Å². The summed E-state index contributed by atoms with van der Waals surface area (Å²) in [5, 5.41) is 7.81. The van der Waals surface area contributed by atoms with Crippen molar-refractivity contribution in [2.45, 2.75) is 6.92 Å². The van der Waals surface area contributed by atoms with Crippen molar-refractivity contribution in [1.29, 1.82) is 0 Å². The molecule has 2 aromatic carbocycles. The molecule has 5 nitrogen and oxygen atoms in total. The first-order valence-electron chi connectivity index (χ1n) is 7.13. The molecule has 23 heavy (non-hydrogen) atoms. The summed E-state index contributed by atoms with van der Waals surface area (Å²) in [4.78, 5) is 11.2. The van der Waals surface area contributed by atoms with Crippen molar-refractivity contribution in [3.63, 3.8) is 0 Å². The van der Waals surface area contributed by atoms with E-state index < -0.39 is 5.82 Å². The molecular weight excluding hydrogens is 297 g/mol. The summed E-state index contributed by atoms with van der Waals surface area (Å²) < 4.78 is 21.0. The maximum Gasteiger partial charge on any atom is 0.172 e. The van der Waals surface area contributed by atoms with Gasteiger partial charge in [-0.1, -0.05) is 17.3 Å². The van der Waals surface area contributed by atoms with E-state index in [1.807, 2.05) is 6.92 Å². The van der Waals surface area contributed by atoms with Crippen molar-refractivity contribution in [1.82, 2.24) is 15.0 Å². The lowest BCUT2D eigenvalue weighted by atomic mass is 10.1. The Morgan fingerprint density at radius 1 is 1.17 bits per heavy atom. The molecule has 0 fully saturated rings. The third kappa shape index (κ3) is 2.83. The van der Waals surface area contributed by atoms with Gasteiger partial charge < -0.3 is 4.74 Å². The molecule has 0 spiro atoms. The van der Waals surface area contributed by atoms with Gasteiger partial charge in [-0.2, -0.15) is 0 Å². The first-order valence-corrected chi connectivity index (χ1v) is 7.13. The van der Waals surface area contributed by atoms with E-state index in [1.165, 1.54) is 10.7 Å². The van der Waals surface area contributed by atoms with Crippen molar-refractivity contribution in [3.05, 3.63) is 60.0 Å². The summed E-state index contributed by atoms with van der Waals surface area (Å²) in [5.74, 6) is 0.282. The Bertz CT molecular complexity index is 828. The Morgan fingerprint density at radius 3 is 2.57 bits per heavy atom. The molecule has 0 bridgehead atoms. The van der Waals surface area contributed by atoms with Crippen LogP contribution in [0.5, 0.6) is 5.75 Å². The average molecular weight is 311 g/mol. The number of carbonyl (C=O) groups excluding carboxylic acids is 1. The van der Waals surface area contributed by atoms with Crippen LogP contribution in [0, 0.1) is 5.82 Å². The van der Waals surface area contributed by atoms with E-state index in [-0.39, 0.29) is 11.3 Å². The lowest BCUT2D eigenvalue weighted by molar-refractivity contribution is 0.111. The van der Waals surface area contributed by atoms with Crippen molar-refractivity contribution in [3.8, 4) is 22.7 Å². The van der Waals surface area contributed by atoms with E-state index in [0.29, 0.717) is 24.3 Å². The van der Waals surface area contributed by atoms with Crippen molar-refractivity contribution in [2.24, 2.45) is 0 Å². The van der Waals surface area contributed by atoms with Crippen LogP contribution in [0.3, 0.4) is 0 Å². The third-order valence-electron chi connectivity index (χ3n) is 3.33. The Kier molecular flexibility index (Phi) is 4.14. The molecule has 0 atom stereocenters. The molecule has 116 valence electrons. The number of halogens is 1. The quantitative estimate of drug-likeness (QED) is 0.679. The average Bonchev–Trinajstić information content (AvgIpc) is 3.00. The Labute approximate surface area is 132 Å². The maximum absolute atomic E-state index is 14.1. The predicted molar refractivity (Wildman–Crippen MR) is 83.3 cm³/mol. The van der Waals surface area contributed by atoms with Crippen LogP contribution >= 0.6 is 0 Å². The van der Waals surface area contributed by atoms with Crippen LogP contribution in [0.25, 0.3) is 16.9 Å². The standard InChI is InChI=1S/C17H14FN3O2/c1-2-23-13-9-7-12(8-10-13)21-17(16(11-22)19-20-21)14-5-3-4-6-15(14)18/h3-11H,2H2,1H3. The van der Waals surface area contributed by atoms with Crippen molar-refractivity contribution < 1.29 is 13.9 Å². The molecule has 0 aliphatic rings. The highest BCUT2D eigenvalue weighted by Crippen LogP contribution is 2.27. The molecule has 0 N–H and O–H groups in total. The number of hydrogen-bond acceptors (Lipinski definition) is 4. The van der Waals surface area contributed by atoms with Crippen LogP contribution in [0.4, 0.5) is 4.39 Å². The van der Waals surface area contributed by atoms with Gasteiger partial charge in [0.05, 0.1) is 12.3 Å². The van der Waals surface area contributed by atoms with E-state index in [2.05, 4.69) is 10.3 Å². The van der Waals surface area contributed by atoms with Gasteiger partial charge in [0.15, 0.2) is 12.0 Å². The topological polar surface area (TPSA) is 57.0 Å². The van der Waals surface area contributed by atoms with Crippen LogP contribution in [-0.2, 0) is 0 Å². The zero-order chi connectivity index (χ0) is 16.2. The van der Waals surface area contributed by atoms with Gasteiger partial charge in [-0.3, -0.25) is 4.79 Å². The van der Waals surface area contributed by atoms with Gasteiger partial charge >= 0.3 is 0 Å². The second kappa shape index (κ2) is 6.39. The third-order valence-corrected chi connectivity index (χ3v) is 3.33. The highest BCUT2D eigenvalue weighted by Gasteiger charge is 2.18. The van der Waals surface area contributed by atoms with Gasteiger partial charge in [-0.25, -0.2) is 9.07 Å². The van der Waals surface area contributed by atoms with Gasteiger partial charge in [0, 0.05) is 5.56 Å². The fourth-order valence-corrected chi connectivity index (χ4v) is 2.31. The molecule has 6 heteroatoms. The Balaban J connectivity index is 2.12. The highest BCUT2D eigenvalue weighted by molar-refractivity contribution is 5.84. The first-order chi connectivity index (χ1) is 11.2. The number of hydrogen-bond donors (Lipinski definition) is 0. The van der Waals surface area contributed by atoms with Crippen molar-refractivity contribution >= 4 is 6.29 Å². The molecule has 0 aliphatic carbocycles. The fourth-order valence-electron chi connectivity index (χ4n) is 2.31. The largest absolute Gasteiger partial charge is 0.494 e. The number of nitrogens with zero attached hydrogens (tertiary/aromatic N) is 3. The van der Waals surface area contributed by atoms with Gasteiger partial charge in [-0.05, 0) is 43.3 Å². The van der Waals surface area contributed by atoms with Gasteiger partial charge in [0.25, 0.3) is 0 Å². The zero-order valence-corrected chi connectivity index (χ0v) is 12.4. The van der Waals surface area contributed by atoms with E-state index in [1.54, 1.807) is 42.5 Å². The van der Waals surface area contributed by atoms with Crippen molar-refractivity contribution in [2.75, 3.05) is 6.61 Å². The second-order valence-corrected chi connectivity index (χ2v) is 4.76. The predicted octanol–water partition coefficient (Wildman–Crippen LogP) is 3.28. The van der Waals surface area contributed by atoms with Gasteiger partial charge in [-0.15, -0.1) is 5.10 Å². The number of ether oxygens (including phenoxy) is 1. The van der Waals surface area contributed by atoms with E-state index >= 15 is 0 Å². The van der Waals surface area contributed by atoms with Gasteiger partial charge in [0.1, 0.15) is 17.3 Å². The smallest absolute Gasteiger partial charge is 0.172 e. The summed E-state index contributed by atoms with van der Waals surface area (Å²) in [6.45, 7) is 2.47. The fraction of sp³-hybridized carbons (Fsp3) is 0.118. The first kappa shape index (κ1) is 14.9. The molecule has 0 aliphatic heterocycles. The normalized spacial score (nSPS) is 10.5. The summed E-state index contributed by atoms with van der Waals surface area (Å²) in [7, 11) is 0. The monoisotopic (exact) mass is 311 g/mol. The van der Waals surface area contributed by atoms with E-state index in [4.69, 9.17) is 4.74 Å². The summed E-state index contributed by atoms with van der Waals surface area (Å²) in [5.41, 5.74) is 1.34. The van der Waals surface area contributed by atoms with Crippen LogP contribution in [-0.4, -0.2) is 27.9 Å². The molecule has 0 saturated carbocycles. The summed E-state index contributed by atoms with van der Waals surface area (Å²) in [6.07, 6.45) is 0.569. The molecule has 0 radical (unpaired) electrons. The minimum Gasteiger partial charge on any atom is -0.494 e. The Hall–Kier alpha value is -3.02. The lowest BCUT2D eigenvalue weighted by Crippen LogP contribution is -2.01. The van der Waals surface area contributed by atoms with Crippen LogP contribution in [0.2, 0.25) is 0 Å². The van der Waals surface area contributed by atoms with Crippen LogP contribution in [0.1, 0.15) is 17.4 Å². The van der Waals surface area contributed by atoms with Gasteiger partial charge in [0.2, 0.25) is 0 Å². The maximum atomic E-state index is 14.1.